The van der Waals surface area contributed by atoms with Gasteiger partial charge in [0.15, 0.2) is 0 Å². The summed E-state index contributed by atoms with van der Waals surface area (Å²) < 4.78 is 10.7. The Morgan fingerprint density at radius 3 is 1.61 bits per heavy atom. The Hall–Kier alpha value is -1.10. The minimum atomic E-state index is -0.356. The van der Waals surface area contributed by atoms with Crippen LogP contribution >= 0.6 is 0 Å². The minimum Gasteiger partial charge on any atom is -0.465 e. The lowest BCUT2D eigenvalue weighted by Crippen LogP contribution is -2.28. The van der Waals surface area contributed by atoms with Gasteiger partial charge in [-0.1, -0.05) is 72.1 Å². The number of carbonyl (C=O) groups excluding carboxylic acids is 2. The average Bonchev–Trinajstić information content (AvgIpc) is 2.63. The Bertz CT molecular complexity index is 407. The Morgan fingerprint density at radius 2 is 1.14 bits per heavy atom. The minimum absolute atomic E-state index is 0.145. The smallest absolute Gasteiger partial charge is 0.305 e. The van der Waals surface area contributed by atoms with Crippen molar-refractivity contribution in [2.24, 2.45) is 5.41 Å². The van der Waals surface area contributed by atoms with Crippen LogP contribution in [0.15, 0.2) is 0 Å². The average molecular weight is 400 g/mol. The molecule has 0 saturated carbocycles. The highest BCUT2D eigenvalue weighted by Gasteiger charge is 2.22. The Kier molecular flexibility index (Phi) is 16.2. The first kappa shape index (κ1) is 26.9. The van der Waals surface area contributed by atoms with Gasteiger partial charge < -0.3 is 14.4 Å². The second-order valence-electron chi connectivity index (χ2n) is 8.97. The molecular formula is C23H45NO4. The first-order chi connectivity index (χ1) is 13.3. The molecule has 28 heavy (non-hydrogen) atoms. The van der Waals surface area contributed by atoms with Gasteiger partial charge in [-0.3, -0.25) is 9.59 Å². The molecule has 0 aromatic heterocycles. The molecular weight excluding hydrogens is 354 g/mol. The van der Waals surface area contributed by atoms with Crippen LogP contribution in [0.2, 0.25) is 0 Å². The zero-order chi connectivity index (χ0) is 21.3. The van der Waals surface area contributed by atoms with E-state index in [0.717, 1.165) is 25.8 Å². The lowest BCUT2D eigenvalue weighted by atomic mass is 9.96. The molecule has 0 N–H and O–H groups in total. The standard InChI is InChI=1S/C23H45NO4/c1-6-7-8-9-10-11-12-13-14-16-21(25)27-19-23(2,3)20-28-22(26)17-15-18-24(4)5/h6-20H2,1-5H3. The molecule has 0 aromatic rings. The maximum Gasteiger partial charge on any atom is 0.305 e. The van der Waals surface area contributed by atoms with Gasteiger partial charge in [-0.05, 0) is 33.5 Å². The molecule has 0 atom stereocenters. The second kappa shape index (κ2) is 16.8. The van der Waals surface area contributed by atoms with Crippen LogP contribution in [0.4, 0.5) is 0 Å². The third-order valence-corrected chi connectivity index (χ3v) is 4.72. The molecule has 0 heterocycles. The van der Waals surface area contributed by atoms with Crippen LogP contribution in [0.1, 0.15) is 97.8 Å². The van der Waals surface area contributed by atoms with Crippen molar-refractivity contribution in [3.05, 3.63) is 0 Å². The van der Waals surface area contributed by atoms with Crippen molar-refractivity contribution in [1.29, 1.82) is 0 Å². The number of ether oxygens (including phenoxy) is 2. The van der Waals surface area contributed by atoms with E-state index in [2.05, 4.69) is 6.92 Å². The van der Waals surface area contributed by atoms with Crippen molar-refractivity contribution in [3.63, 3.8) is 0 Å². The highest BCUT2D eigenvalue weighted by molar-refractivity contribution is 5.69. The van der Waals surface area contributed by atoms with Gasteiger partial charge in [-0.15, -0.1) is 0 Å². The van der Waals surface area contributed by atoms with E-state index < -0.39 is 0 Å². The summed E-state index contributed by atoms with van der Waals surface area (Å²) in [7, 11) is 3.97. The van der Waals surface area contributed by atoms with Crippen LogP contribution < -0.4 is 0 Å². The Balaban J connectivity index is 3.68. The highest BCUT2D eigenvalue weighted by Crippen LogP contribution is 2.17. The van der Waals surface area contributed by atoms with Crippen molar-refractivity contribution in [2.45, 2.75) is 97.8 Å². The molecule has 0 radical (unpaired) electrons. The highest BCUT2D eigenvalue weighted by atomic mass is 16.5. The lowest BCUT2D eigenvalue weighted by Gasteiger charge is -2.23. The molecule has 0 amide bonds. The first-order valence-electron chi connectivity index (χ1n) is 11.2. The summed E-state index contributed by atoms with van der Waals surface area (Å²) in [5, 5.41) is 0. The number of rotatable bonds is 18. The van der Waals surface area contributed by atoms with Crippen molar-refractivity contribution in [3.8, 4) is 0 Å². The maximum atomic E-state index is 11.9. The number of nitrogens with zero attached hydrogens (tertiary/aromatic N) is 1. The van der Waals surface area contributed by atoms with Gasteiger partial charge in [0.25, 0.3) is 0 Å². The van der Waals surface area contributed by atoms with E-state index in [4.69, 9.17) is 9.47 Å². The number of hydrogen-bond donors (Lipinski definition) is 0. The topological polar surface area (TPSA) is 55.8 Å². The summed E-state index contributed by atoms with van der Waals surface area (Å²) in [4.78, 5) is 25.7. The number of unbranched alkanes of at least 4 members (excludes halogenated alkanes) is 8. The summed E-state index contributed by atoms with van der Waals surface area (Å²) in [6.07, 6.45) is 12.8. The van der Waals surface area contributed by atoms with Crippen LogP contribution in [0, 0.1) is 5.41 Å². The molecule has 0 rings (SSSR count). The summed E-state index contributed by atoms with van der Waals surface area (Å²) >= 11 is 0. The van der Waals surface area contributed by atoms with E-state index in [1.54, 1.807) is 0 Å². The van der Waals surface area contributed by atoms with Crippen LogP contribution in [0.25, 0.3) is 0 Å². The van der Waals surface area contributed by atoms with Crippen LogP contribution in [-0.2, 0) is 19.1 Å². The first-order valence-corrected chi connectivity index (χ1v) is 11.2. The number of hydrogen-bond acceptors (Lipinski definition) is 5. The molecule has 5 heteroatoms. The van der Waals surface area contributed by atoms with Gasteiger partial charge in [0.1, 0.15) is 0 Å². The molecule has 166 valence electrons. The van der Waals surface area contributed by atoms with Gasteiger partial charge in [-0.25, -0.2) is 0 Å². The van der Waals surface area contributed by atoms with Crippen molar-refractivity contribution >= 4 is 11.9 Å². The molecule has 0 unspecified atom stereocenters. The van der Waals surface area contributed by atoms with E-state index in [0.29, 0.717) is 12.8 Å². The molecule has 0 saturated heterocycles. The Labute approximate surface area is 173 Å². The third-order valence-electron chi connectivity index (χ3n) is 4.72. The molecule has 0 aliphatic heterocycles. The SMILES string of the molecule is CCCCCCCCCCCC(=O)OCC(C)(C)COC(=O)CCCN(C)C. The molecule has 5 nitrogen and oxygen atoms in total. The quantitative estimate of drug-likeness (QED) is 0.229. The van der Waals surface area contributed by atoms with E-state index in [9.17, 15) is 9.59 Å². The predicted molar refractivity (Wildman–Crippen MR) is 115 cm³/mol. The molecule has 0 spiro atoms. The van der Waals surface area contributed by atoms with Crippen LogP contribution in [0.5, 0.6) is 0 Å². The van der Waals surface area contributed by atoms with E-state index in [-0.39, 0.29) is 30.6 Å². The fourth-order valence-electron chi connectivity index (χ4n) is 2.86. The van der Waals surface area contributed by atoms with Crippen molar-refractivity contribution in [1.82, 2.24) is 4.90 Å². The van der Waals surface area contributed by atoms with Gasteiger partial charge in [-0.2, -0.15) is 0 Å². The fourth-order valence-corrected chi connectivity index (χ4v) is 2.86. The van der Waals surface area contributed by atoms with E-state index in [1.807, 2.05) is 32.8 Å². The number of esters is 2. The van der Waals surface area contributed by atoms with Crippen molar-refractivity contribution in [2.75, 3.05) is 33.9 Å². The summed E-state index contributed by atoms with van der Waals surface area (Å²) in [6, 6.07) is 0. The normalized spacial score (nSPS) is 11.6. The van der Waals surface area contributed by atoms with Crippen LogP contribution in [0.3, 0.4) is 0 Å². The van der Waals surface area contributed by atoms with Gasteiger partial charge in [0.2, 0.25) is 0 Å². The van der Waals surface area contributed by atoms with Gasteiger partial charge >= 0.3 is 11.9 Å². The van der Waals surface area contributed by atoms with E-state index >= 15 is 0 Å². The summed E-state index contributed by atoms with van der Waals surface area (Å²) in [5.74, 6) is -0.329. The summed E-state index contributed by atoms with van der Waals surface area (Å²) in [5.41, 5.74) is -0.356. The zero-order valence-electron chi connectivity index (χ0n) is 19.2. The largest absolute Gasteiger partial charge is 0.465 e. The summed E-state index contributed by atoms with van der Waals surface area (Å²) in [6.45, 7) is 7.57. The monoisotopic (exact) mass is 399 g/mol. The molecule has 0 aliphatic carbocycles. The zero-order valence-corrected chi connectivity index (χ0v) is 19.2. The Morgan fingerprint density at radius 1 is 0.714 bits per heavy atom. The number of carbonyl (C=O) groups is 2. The lowest BCUT2D eigenvalue weighted by molar-refractivity contribution is -0.152. The predicted octanol–water partition coefficient (Wildman–Crippen LogP) is 5.36. The van der Waals surface area contributed by atoms with E-state index in [1.165, 1.54) is 44.9 Å². The third kappa shape index (κ3) is 18.3. The van der Waals surface area contributed by atoms with Gasteiger partial charge in [0, 0.05) is 18.3 Å². The second-order valence-corrected chi connectivity index (χ2v) is 8.97. The van der Waals surface area contributed by atoms with Gasteiger partial charge in [0.05, 0.1) is 13.2 Å². The molecule has 0 aromatic carbocycles. The molecule has 0 bridgehead atoms. The van der Waals surface area contributed by atoms with Crippen LogP contribution in [-0.4, -0.2) is 50.7 Å². The molecule has 0 fully saturated rings. The fraction of sp³-hybridized carbons (Fsp3) is 0.913. The molecule has 0 aliphatic rings. The maximum absolute atomic E-state index is 11.9. The van der Waals surface area contributed by atoms with Crippen molar-refractivity contribution < 1.29 is 19.1 Å².